The maximum Gasteiger partial charge on any atom is 0.238 e. The molecule has 1 unspecified atom stereocenters. The average molecular weight is 390 g/mol. The van der Waals surface area contributed by atoms with Crippen LogP contribution in [0.4, 0.5) is 0 Å². The Morgan fingerprint density at radius 3 is 2.26 bits per heavy atom. The highest BCUT2D eigenvalue weighted by Gasteiger charge is 2.14. The van der Waals surface area contributed by atoms with E-state index in [-0.39, 0.29) is 16.8 Å². The second-order valence-corrected chi connectivity index (χ2v) is 8.35. The molecule has 2 aromatic carbocycles. The average Bonchev–Trinajstić information content (AvgIpc) is 2.61. The van der Waals surface area contributed by atoms with Gasteiger partial charge in [-0.2, -0.15) is 0 Å². The van der Waals surface area contributed by atoms with Gasteiger partial charge in [-0.1, -0.05) is 42.0 Å². The standard InChI is InChI=1S/C20H27N3O3S/c1-15-4-8-18(9-5-15)16(2)23(3)14-20(24)22-13-12-17-6-10-19(11-7-17)27(21,25)26/h4-11,16H,12-14H2,1-3H3,(H,22,24)(H2,21,25,26). The number of carbonyl (C=O) groups is 1. The first-order chi connectivity index (χ1) is 12.7. The molecule has 0 bridgehead atoms. The number of likely N-dealkylation sites (N-methyl/N-ethyl adjacent to an activating group) is 1. The molecule has 0 saturated carbocycles. The van der Waals surface area contributed by atoms with Crippen molar-refractivity contribution in [2.75, 3.05) is 20.1 Å². The van der Waals surface area contributed by atoms with Crippen molar-refractivity contribution in [1.82, 2.24) is 10.2 Å². The number of hydrogen-bond donors (Lipinski definition) is 2. The molecule has 0 radical (unpaired) electrons. The number of aryl methyl sites for hydroxylation is 1. The van der Waals surface area contributed by atoms with Crippen molar-refractivity contribution in [1.29, 1.82) is 0 Å². The van der Waals surface area contributed by atoms with Crippen molar-refractivity contribution in [3.05, 3.63) is 65.2 Å². The number of benzene rings is 2. The first-order valence-electron chi connectivity index (χ1n) is 8.82. The zero-order valence-electron chi connectivity index (χ0n) is 16.0. The molecule has 1 atom stereocenters. The molecule has 27 heavy (non-hydrogen) atoms. The summed E-state index contributed by atoms with van der Waals surface area (Å²) in [6, 6.07) is 14.8. The Kier molecular flexibility index (Phi) is 7.12. The smallest absolute Gasteiger partial charge is 0.238 e. The van der Waals surface area contributed by atoms with Crippen LogP contribution in [0, 0.1) is 6.92 Å². The number of sulfonamides is 1. The number of nitrogens with zero attached hydrogens (tertiary/aromatic N) is 1. The van der Waals surface area contributed by atoms with Gasteiger partial charge in [0.1, 0.15) is 0 Å². The lowest BCUT2D eigenvalue weighted by atomic mass is 10.1. The zero-order chi connectivity index (χ0) is 20.0. The normalized spacial score (nSPS) is 12.8. The van der Waals surface area contributed by atoms with Crippen molar-refractivity contribution in [2.24, 2.45) is 5.14 Å². The summed E-state index contributed by atoms with van der Waals surface area (Å²) in [7, 11) is -1.75. The van der Waals surface area contributed by atoms with Crippen LogP contribution in [0.15, 0.2) is 53.4 Å². The molecular weight excluding hydrogens is 362 g/mol. The molecule has 0 saturated heterocycles. The molecule has 2 rings (SSSR count). The van der Waals surface area contributed by atoms with E-state index in [9.17, 15) is 13.2 Å². The molecular formula is C20H27N3O3S. The Morgan fingerprint density at radius 2 is 1.70 bits per heavy atom. The van der Waals surface area contributed by atoms with Crippen LogP contribution in [0.3, 0.4) is 0 Å². The Balaban J connectivity index is 1.79. The number of nitrogens with two attached hydrogens (primary N) is 1. The predicted octanol–water partition coefficient (Wildman–Crippen LogP) is 1.99. The fraction of sp³-hybridized carbons (Fsp3) is 0.350. The van der Waals surface area contributed by atoms with Crippen molar-refractivity contribution in [2.45, 2.75) is 31.2 Å². The maximum absolute atomic E-state index is 12.2. The summed E-state index contributed by atoms with van der Waals surface area (Å²) >= 11 is 0. The maximum atomic E-state index is 12.2. The largest absolute Gasteiger partial charge is 0.355 e. The highest BCUT2D eigenvalue weighted by Crippen LogP contribution is 2.18. The lowest BCUT2D eigenvalue weighted by Gasteiger charge is -2.24. The number of carbonyl (C=O) groups excluding carboxylic acids is 1. The third-order valence-electron chi connectivity index (χ3n) is 4.60. The summed E-state index contributed by atoms with van der Waals surface area (Å²) in [4.78, 5) is 14.3. The van der Waals surface area contributed by atoms with Crippen LogP contribution in [0.5, 0.6) is 0 Å². The topological polar surface area (TPSA) is 92.5 Å². The Morgan fingerprint density at radius 1 is 1.11 bits per heavy atom. The van der Waals surface area contributed by atoms with Gasteiger partial charge in [0.2, 0.25) is 15.9 Å². The van der Waals surface area contributed by atoms with Gasteiger partial charge in [-0.05, 0) is 50.6 Å². The molecule has 1 amide bonds. The number of rotatable bonds is 8. The molecule has 0 aliphatic carbocycles. The van der Waals surface area contributed by atoms with Gasteiger partial charge in [0.25, 0.3) is 0 Å². The molecule has 6 nitrogen and oxygen atoms in total. The van der Waals surface area contributed by atoms with E-state index in [0.717, 1.165) is 5.56 Å². The Bertz CT molecular complexity index is 862. The summed E-state index contributed by atoms with van der Waals surface area (Å²) in [5.41, 5.74) is 3.32. The van der Waals surface area contributed by atoms with E-state index in [1.807, 2.05) is 18.9 Å². The van der Waals surface area contributed by atoms with Gasteiger partial charge < -0.3 is 5.32 Å². The molecule has 0 spiro atoms. The summed E-state index contributed by atoms with van der Waals surface area (Å²) in [5, 5.41) is 7.98. The molecule has 2 aromatic rings. The molecule has 0 aliphatic heterocycles. The highest BCUT2D eigenvalue weighted by atomic mass is 32.2. The summed E-state index contributed by atoms with van der Waals surface area (Å²) in [6.07, 6.45) is 0.619. The Hall–Kier alpha value is -2.22. The van der Waals surface area contributed by atoms with Gasteiger partial charge in [0.05, 0.1) is 11.4 Å². The minimum absolute atomic E-state index is 0.0439. The lowest BCUT2D eigenvalue weighted by molar-refractivity contribution is -0.122. The van der Waals surface area contributed by atoms with Gasteiger partial charge in [0, 0.05) is 12.6 Å². The third kappa shape index (κ3) is 6.46. The van der Waals surface area contributed by atoms with Crippen molar-refractivity contribution < 1.29 is 13.2 Å². The SMILES string of the molecule is Cc1ccc(C(C)N(C)CC(=O)NCCc2ccc(S(N)(=O)=O)cc2)cc1. The summed E-state index contributed by atoms with van der Waals surface area (Å²) in [6.45, 7) is 4.92. The summed E-state index contributed by atoms with van der Waals surface area (Å²) in [5.74, 6) is -0.0439. The van der Waals surface area contributed by atoms with Gasteiger partial charge in [0.15, 0.2) is 0 Å². The quantitative estimate of drug-likeness (QED) is 0.722. The van der Waals surface area contributed by atoms with Crippen LogP contribution < -0.4 is 10.5 Å². The molecule has 0 aliphatic rings. The monoisotopic (exact) mass is 389 g/mol. The number of nitrogens with one attached hydrogen (secondary N) is 1. The fourth-order valence-corrected chi connectivity index (χ4v) is 3.23. The zero-order valence-corrected chi connectivity index (χ0v) is 16.8. The lowest BCUT2D eigenvalue weighted by Crippen LogP contribution is -2.37. The molecule has 3 N–H and O–H groups in total. The predicted molar refractivity (Wildman–Crippen MR) is 107 cm³/mol. The molecule has 7 heteroatoms. The van der Waals surface area contributed by atoms with Crippen LogP contribution in [0.1, 0.15) is 29.7 Å². The molecule has 0 fully saturated rings. The minimum Gasteiger partial charge on any atom is -0.355 e. The van der Waals surface area contributed by atoms with Gasteiger partial charge in [-0.15, -0.1) is 0 Å². The van der Waals surface area contributed by atoms with Crippen LogP contribution in [-0.4, -0.2) is 39.4 Å². The minimum atomic E-state index is -3.68. The van der Waals surface area contributed by atoms with Crippen LogP contribution >= 0.6 is 0 Å². The second kappa shape index (κ2) is 9.12. The van der Waals surface area contributed by atoms with Crippen LogP contribution in [0.2, 0.25) is 0 Å². The van der Waals surface area contributed by atoms with E-state index in [0.29, 0.717) is 19.5 Å². The van der Waals surface area contributed by atoms with E-state index < -0.39 is 10.0 Å². The van der Waals surface area contributed by atoms with Gasteiger partial charge in [-0.25, -0.2) is 13.6 Å². The number of primary sulfonamides is 1. The van der Waals surface area contributed by atoms with Crippen molar-refractivity contribution >= 4 is 15.9 Å². The fourth-order valence-electron chi connectivity index (χ4n) is 2.71. The van der Waals surface area contributed by atoms with Crippen LogP contribution in [0.25, 0.3) is 0 Å². The Labute approximate surface area is 161 Å². The van der Waals surface area contributed by atoms with Crippen molar-refractivity contribution in [3.63, 3.8) is 0 Å². The molecule has 0 heterocycles. The van der Waals surface area contributed by atoms with Gasteiger partial charge in [-0.3, -0.25) is 9.69 Å². The third-order valence-corrected chi connectivity index (χ3v) is 5.53. The highest BCUT2D eigenvalue weighted by molar-refractivity contribution is 7.89. The number of amides is 1. The summed E-state index contributed by atoms with van der Waals surface area (Å²) < 4.78 is 22.5. The first-order valence-corrected chi connectivity index (χ1v) is 10.4. The van der Waals surface area contributed by atoms with E-state index in [1.54, 1.807) is 12.1 Å². The van der Waals surface area contributed by atoms with E-state index in [4.69, 9.17) is 5.14 Å². The number of hydrogen-bond acceptors (Lipinski definition) is 4. The van der Waals surface area contributed by atoms with E-state index >= 15 is 0 Å². The van der Waals surface area contributed by atoms with E-state index in [2.05, 4.69) is 36.5 Å². The van der Waals surface area contributed by atoms with Crippen molar-refractivity contribution in [3.8, 4) is 0 Å². The first kappa shape index (κ1) is 21.1. The second-order valence-electron chi connectivity index (χ2n) is 6.79. The van der Waals surface area contributed by atoms with Gasteiger partial charge >= 0.3 is 0 Å². The van der Waals surface area contributed by atoms with E-state index in [1.165, 1.54) is 23.3 Å². The molecule has 0 aromatic heterocycles. The van der Waals surface area contributed by atoms with Crippen LogP contribution in [-0.2, 0) is 21.2 Å². The molecule has 146 valence electrons.